The summed E-state index contributed by atoms with van der Waals surface area (Å²) in [6.45, 7) is 2.02. The first-order valence-corrected chi connectivity index (χ1v) is 9.57. The summed E-state index contributed by atoms with van der Waals surface area (Å²) >= 11 is 0. The van der Waals surface area contributed by atoms with Crippen molar-refractivity contribution in [1.29, 1.82) is 0 Å². The smallest absolute Gasteiger partial charge is 0.288 e. The number of tetrazole rings is 1. The van der Waals surface area contributed by atoms with Gasteiger partial charge >= 0.3 is 0 Å². The van der Waals surface area contributed by atoms with Gasteiger partial charge in [-0.05, 0) is 41.1 Å². The van der Waals surface area contributed by atoms with Crippen LogP contribution in [-0.4, -0.2) is 44.6 Å². The Morgan fingerprint density at radius 2 is 1.81 bits per heavy atom. The van der Waals surface area contributed by atoms with E-state index in [2.05, 4.69) is 31.0 Å². The third-order valence-corrected chi connectivity index (χ3v) is 5.32. The number of H-pyrrole nitrogens is 1. The number of hydrogen-bond donors (Lipinski definition) is 2. The van der Waals surface area contributed by atoms with E-state index in [0.29, 0.717) is 34.4 Å². The standard InChI is InChI=1S/C21H19N7O3/c1-11-4-6-12(7-5-11)19-16-17(13-8-9-14(30-2)15(10-13)31-3)23-24-20(29)18(16)22-21-25-26-27-28(19)21/h4-10,19H,1-3H3,(H,24,29)(H,22,25,27)/t19-/m0/s1. The summed E-state index contributed by atoms with van der Waals surface area (Å²) in [5.74, 6) is 1.54. The average Bonchev–Trinajstić information content (AvgIpc) is 3.27. The lowest BCUT2D eigenvalue weighted by atomic mass is 9.92. The molecule has 31 heavy (non-hydrogen) atoms. The van der Waals surface area contributed by atoms with Crippen molar-refractivity contribution >= 4 is 11.6 Å². The maximum Gasteiger partial charge on any atom is 0.288 e. The highest BCUT2D eigenvalue weighted by Crippen LogP contribution is 2.42. The fraction of sp³-hybridized carbons (Fsp3) is 0.190. The van der Waals surface area contributed by atoms with Crippen molar-refractivity contribution in [3.05, 3.63) is 69.5 Å². The molecule has 0 unspecified atom stereocenters. The molecule has 1 atom stereocenters. The largest absolute Gasteiger partial charge is 0.493 e. The molecule has 2 aromatic carbocycles. The van der Waals surface area contributed by atoms with Crippen molar-refractivity contribution in [2.45, 2.75) is 13.0 Å². The van der Waals surface area contributed by atoms with E-state index in [0.717, 1.165) is 16.7 Å². The predicted molar refractivity (Wildman–Crippen MR) is 113 cm³/mol. The van der Waals surface area contributed by atoms with E-state index < -0.39 is 6.04 Å². The number of fused-ring (bicyclic) bond motifs is 2. The second-order valence-electron chi connectivity index (χ2n) is 7.15. The van der Waals surface area contributed by atoms with Gasteiger partial charge in [-0.3, -0.25) is 4.79 Å². The number of aromatic nitrogens is 6. The molecule has 0 spiro atoms. The van der Waals surface area contributed by atoms with E-state index in [1.54, 1.807) is 25.0 Å². The van der Waals surface area contributed by atoms with Crippen LogP contribution in [0, 0.1) is 6.92 Å². The maximum atomic E-state index is 12.7. The number of methoxy groups -OCH3 is 2. The SMILES string of the molecule is COc1ccc(-c2n[nH]c(=O)c3c2[C@H](c2ccc(C)cc2)n2nnnc2N3)cc1OC. The number of hydrogen-bond acceptors (Lipinski definition) is 8. The zero-order chi connectivity index (χ0) is 21.5. The monoisotopic (exact) mass is 417 g/mol. The molecule has 10 nitrogen and oxygen atoms in total. The number of ether oxygens (including phenoxy) is 2. The van der Waals surface area contributed by atoms with Gasteiger partial charge in [0.25, 0.3) is 5.56 Å². The summed E-state index contributed by atoms with van der Waals surface area (Å²) in [5.41, 5.74) is 4.04. The summed E-state index contributed by atoms with van der Waals surface area (Å²) in [7, 11) is 3.15. The second-order valence-corrected chi connectivity index (χ2v) is 7.15. The fourth-order valence-corrected chi connectivity index (χ4v) is 3.80. The molecule has 156 valence electrons. The van der Waals surface area contributed by atoms with Crippen LogP contribution in [0.1, 0.15) is 22.7 Å². The maximum absolute atomic E-state index is 12.7. The van der Waals surface area contributed by atoms with Crippen LogP contribution in [0.4, 0.5) is 11.6 Å². The van der Waals surface area contributed by atoms with Crippen LogP contribution in [-0.2, 0) is 0 Å². The van der Waals surface area contributed by atoms with E-state index in [1.165, 1.54) is 0 Å². The van der Waals surface area contributed by atoms with Crippen molar-refractivity contribution in [2.75, 3.05) is 19.5 Å². The van der Waals surface area contributed by atoms with Crippen LogP contribution in [0.25, 0.3) is 11.3 Å². The number of nitrogens with zero attached hydrogens (tertiary/aromatic N) is 5. The Morgan fingerprint density at radius 3 is 2.55 bits per heavy atom. The van der Waals surface area contributed by atoms with Gasteiger partial charge in [0.05, 0.1) is 19.9 Å². The molecule has 3 heterocycles. The number of benzene rings is 2. The number of nitrogens with one attached hydrogen (secondary N) is 2. The van der Waals surface area contributed by atoms with Crippen LogP contribution in [0.3, 0.4) is 0 Å². The zero-order valence-electron chi connectivity index (χ0n) is 17.1. The average molecular weight is 417 g/mol. The van der Waals surface area contributed by atoms with E-state index in [9.17, 15) is 4.79 Å². The molecular formula is C21H19N7O3. The first-order valence-electron chi connectivity index (χ1n) is 9.57. The number of aryl methyl sites for hydroxylation is 1. The van der Waals surface area contributed by atoms with Gasteiger partial charge in [-0.2, -0.15) is 9.78 Å². The zero-order valence-corrected chi connectivity index (χ0v) is 17.1. The number of rotatable bonds is 4. The Hall–Kier alpha value is -4.21. The van der Waals surface area contributed by atoms with Gasteiger partial charge in [-0.25, -0.2) is 5.10 Å². The minimum atomic E-state index is -0.445. The van der Waals surface area contributed by atoms with E-state index >= 15 is 0 Å². The molecular weight excluding hydrogens is 398 g/mol. The Kier molecular flexibility index (Phi) is 4.39. The minimum Gasteiger partial charge on any atom is -0.493 e. The summed E-state index contributed by atoms with van der Waals surface area (Å²) in [4.78, 5) is 12.7. The first kappa shape index (κ1) is 18.8. The van der Waals surface area contributed by atoms with Gasteiger partial charge in [0.15, 0.2) is 11.5 Å². The van der Waals surface area contributed by atoms with Crippen molar-refractivity contribution in [1.82, 2.24) is 30.4 Å². The van der Waals surface area contributed by atoms with Gasteiger partial charge in [0.2, 0.25) is 5.95 Å². The molecule has 4 aromatic rings. The normalized spacial score (nSPS) is 14.4. The third kappa shape index (κ3) is 3.00. The van der Waals surface area contributed by atoms with Crippen molar-refractivity contribution in [3.8, 4) is 22.8 Å². The molecule has 5 rings (SSSR count). The van der Waals surface area contributed by atoms with Gasteiger partial charge in [-0.1, -0.05) is 34.9 Å². The molecule has 0 aliphatic carbocycles. The first-order chi connectivity index (χ1) is 15.1. The minimum absolute atomic E-state index is 0.354. The van der Waals surface area contributed by atoms with Crippen molar-refractivity contribution in [3.63, 3.8) is 0 Å². The number of anilines is 2. The van der Waals surface area contributed by atoms with Crippen LogP contribution >= 0.6 is 0 Å². The highest BCUT2D eigenvalue weighted by Gasteiger charge is 2.34. The highest BCUT2D eigenvalue weighted by molar-refractivity contribution is 5.76. The fourth-order valence-electron chi connectivity index (χ4n) is 3.80. The Morgan fingerprint density at radius 1 is 1.03 bits per heavy atom. The molecule has 1 aliphatic heterocycles. The van der Waals surface area contributed by atoms with Gasteiger partial charge in [0.1, 0.15) is 11.7 Å². The van der Waals surface area contributed by atoms with Crippen LogP contribution in [0.2, 0.25) is 0 Å². The molecule has 0 bridgehead atoms. The molecule has 10 heteroatoms. The Balaban J connectivity index is 1.78. The highest BCUT2D eigenvalue weighted by atomic mass is 16.5. The third-order valence-electron chi connectivity index (χ3n) is 5.32. The van der Waals surface area contributed by atoms with Gasteiger partial charge in [-0.15, -0.1) is 0 Å². The van der Waals surface area contributed by atoms with E-state index in [4.69, 9.17) is 9.47 Å². The number of aromatic amines is 1. The quantitative estimate of drug-likeness (QED) is 0.458. The molecule has 1 aliphatic rings. The second kappa shape index (κ2) is 7.24. The van der Waals surface area contributed by atoms with Crippen molar-refractivity contribution in [2.24, 2.45) is 0 Å². The topological polar surface area (TPSA) is 120 Å². The molecule has 0 radical (unpaired) electrons. The van der Waals surface area contributed by atoms with E-state index in [1.807, 2.05) is 43.3 Å². The Bertz CT molecular complexity index is 1330. The molecule has 0 saturated heterocycles. The predicted octanol–water partition coefficient (Wildman–Crippen LogP) is 2.44. The Labute approximate surface area is 176 Å². The van der Waals surface area contributed by atoms with Crippen LogP contribution in [0.5, 0.6) is 11.5 Å². The van der Waals surface area contributed by atoms with E-state index in [-0.39, 0.29) is 5.56 Å². The lowest BCUT2D eigenvalue weighted by Crippen LogP contribution is -2.29. The molecule has 0 saturated carbocycles. The van der Waals surface area contributed by atoms with Gasteiger partial charge < -0.3 is 14.8 Å². The lowest BCUT2D eigenvalue weighted by molar-refractivity contribution is 0.355. The molecule has 2 aromatic heterocycles. The molecule has 0 amide bonds. The van der Waals surface area contributed by atoms with Crippen LogP contribution in [0.15, 0.2) is 47.3 Å². The van der Waals surface area contributed by atoms with Crippen LogP contribution < -0.4 is 20.3 Å². The van der Waals surface area contributed by atoms with Gasteiger partial charge in [0, 0.05) is 11.1 Å². The summed E-state index contributed by atoms with van der Waals surface area (Å²) in [5, 5.41) is 22.0. The summed E-state index contributed by atoms with van der Waals surface area (Å²) in [6, 6.07) is 13.1. The summed E-state index contributed by atoms with van der Waals surface area (Å²) in [6.07, 6.45) is 0. The molecule has 2 N–H and O–H groups in total. The van der Waals surface area contributed by atoms with Crippen molar-refractivity contribution < 1.29 is 9.47 Å². The summed E-state index contributed by atoms with van der Waals surface area (Å²) < 4.78 is 12.5. The lowest BCUT2D eigenvalue weighted by Gasteiger charge is -2.28. The molecule has 0 fully saturated rings.